The van der Waals surface area contributed by atoms with Crippen molar-refractivity contribution in [1.82, 2.24) is 0 Å². The molecule has 4 nitrogen and oxygen atoms in total. The monoisotopic (exact) mass is 342 g/mol. The molecule has 1 aromatic rings. The number of Topliss-reactive ketones (excluding diaryl/α,β-unsaturated/α-hetero) is 2. The molecule has 0 saturated heterocycles. The molecule has 124 valence electrons. The summed E-state index contributed by atoms with van der Waals surface area (Å²) in [6.07, 6.45) is 1.09. The molecule has 24 heavy (non-hydrogen) atoms. The zero-order chi connectivity index (χ0) is 16.6. The van der Waals surface area contributed by atoms with Crippen molar-refractivity contribution in [1.29, 1.82) is 0 Å². The Balaban J connectivity index is 1.61. The first-order chi connectivity index (χ1) is 11.4. The lowest BCUT2D eigenvalue weighted by molar-refractivity contribution is -0.128. The van der Waals surface area contributed by atoms with Crippen molar-refractivity contribution >= 4 is 21.4 Å². The van der Waals surface area contributed by atoms with Crippen LogP contribution in [-0.4, -0.2) is 24.7 Å². The second kappa shape index (κ2) is 3.69. The first-order valence-corrected chi connectivity index (χ1v) is 10.3. The smallest absolute Gasteiger partial charge is 0.185 e. The molecular weight excluding hydrogens is 324 g/mol. The van der Waals surface area contributed by atoms with E-state index >= 15 is 0 Å². The van der Waals surface area contributed by atoms with E-state index in [0.29, 0.717) is 17.7 Å². The van der Waals surface area contributed by atoms with Gasteiger partial charge in [0.25, 0.3) is 0 Å². The lowest BCUT2D eigenvalue weighted by Gasteiger charge is -2.53. The average molecular weight is 342 g/mol. The zero-order valence-corrected chi connectivity index (χ0v) is 14.1. The summed E-state index contributed by atoms with van der Waals surface area (Å²) in [4.78, 5) is 25.9. The third-order valence-electron chi connectivity index (χ3n) is 7.98. The Kier molecular flexibility index (Phi) is 2.12. The molecular formula is C19H18O4S. The Morgan fingerprint density at radius 2 is 1.54 bits per heavy atom. The molecule has 0 unspecified atom stereocenters. The van der Waals surface area contributed by atoms with Crippen molar-refractivity contribution in [3.63, 3.8) is 0 Å². The van der Waals surface area contributed by atoms with Gasteiger partial charge in [-0.25, -0.2) is 8.42 Å². The second-order valence-electron chi connectivity index (χ2n) is 8.45. The molecule has 0 radical (unpaired) electrons. The van der Waals surface area contributed by atoms with Gasteiger partial charge in [-0.15, -0.1) is 0 Å². The van der Waals surface area contributed by atoms with Crippen molar-refractivity contribution in [3.05, 3.63) is 29.8 Å². The van der Waals surface area contributed by atoms with Crippen LogP contribution in [0.3, 0.4) is 0 Å². The summed E-state index contributed by atoms with van der Waals surface area (Å²) in [5.41, 5.74) is 1.01. The van der Waals surface area contributed by atoms with Gasteiger partial charge in [-0.1, -0.05) is 17.7 Å². The fourth-order valence-electron chi connectivity index (χ4n) is 7.45. The van der Waals surface area contributed by atoms with Crippen molar-refractivity contribution in [2.45, 2.75) is 29.4 Å². The minimum atomic E-state index is -3.61. The maximum absolute atomic E-state index is 13.7. The molecule has 0 spiro atoms. The maximum atomic E-state index is 13.7. The lowest BCUT2D eigenvalue weighted by atomic mass is 9.59. The third-order valence-corrected chi connectivity index (χ3v) is 10.6. The number of hydrogen-bond acceptors (Lipinski definition) is 4. The minimum absolute atomic E-state index is 0.0402. The van der Waals surface area contributed by atoms with E-state index in [2.05, 4.69) is 0 Å². The Labute approximate surface area is 140 Å². The highest BCUT2D eigenvalue weighted by molar-refractivity contribution is 7.93. The Morgan fingerprint density at radius 3 is 2.21 bits per heavy atom. The number of ketones is 2. The molecule has 0 aromatic heterocycles. The van der Waals surface area contributed by atoms with E-state index in [4.69, 9.17) is 0 Å². The normalized spacial score (nSPS) is 49.8. The molecule has 0 bridgehead atoms. The molecule has 0 N–H and O–H groups in total. The summed E-state index contributed by atoms with van der Waals surface area (Å²) in [5.74, 6) is -0.519. The van der Waals surface area contributed by atoms with Crippen LogP contribution in [0.2, 0.25) is 0 Å². The first-order valence-electron chi connectivity index (χ1n) is 8.79. The molecule has 5 heteroatoms. The summed E-state index contributed by atoms with van der Waals surface area (Å²) in [5, 5.41) is 0. The highest BCUT2D eigenvalue weighted by Crippen LogP contribution is 2.82. The fraction of sp³-hybridized carbons (Fsp3) is 0.579. The van der Waals surface area contributed by atoms with E-state index in [1.165, 1.54) is 0 Å². The quantitative estimate of drug-likeness (QED) is 0.822. The average Bonchev–Trinajstić information content (AvgIpc) is 3.14. The van der Waals surface area contributed by atoms with Crippen LogP contribution in [0.1, 0.15) is 18.4 Å². The predicted molar refractivity (Wildman–Crippen MR) is 84.8 cm³/mol. The molecule has 0 aliphatic heterocycles. The van der Waals surface area contributed by atoms with Gasteiger partial charge in [0.1, 0.15) is 11.6 Å². The van der Waals surface area contributed by atoms with Crippen LogP contribution in [0, 0.1) is 48.3 Å². The van der Waals surface area contributed by atoms with Gasteiger partial charge in [0.15, 0.2) is 9.84 Å². The van der Waals surface area contributed by atoms with Crippen LogP contribution in [0.25, 0.3) is 0 Å². The van der Waals surface area contributed by atoms with Gasteiger partial charge in [0.2, 0.25) is 0 Å². The summed E-state index contributed by atoms with van der Waals surface area (Å²) in [6.45, 7) is 1.93. The van der Waals surface area contributed by atoms with Crippen LogP contribution >= 0.6 is 0 Å². The molecule has 8 atom stereocenters. The predicted octanol–water partition coefficient (Wildman–Crippen LogP) is 1.81. The number of benzene rings is 1. The molecule has 5 saturated carbocycles. The van der Waals surface area contributed by atoms with E-state index in [1.54, 1.807) is 12.1 Å². The van der Waals surface area contributed by atoms with Crippen LogP contribution in [0.4, 0.5) is 0 Å². The molecule has 0 amide bonds. The number of carbonyl (C=O) groups excluding carboxylic acids is 2. The van der Waals surface area contributed by atoms with Crippen LogP contribution in [0.5, 0.6) is 0 Å². The standard InChI is InChI=1S/C19H18O4S/c1-8-2-4-9(5-3-8)24(22,23)19-13-7-12-16(19)14-10(17(12)20)6-11(15(14)19)18(13)21/h2-5,10-16H,6-7H2,1H3/t10-,11+,12+,13-,14+,15-,16-,19-/m1/s1. The number of carbonyl (C=O) groups is 2. The summed E-state index contributed by atoms with van der Waals surface area (Å²) < 4.78 is 26.4. The SMILES string of the molecule is Cc1ccc(S(=O)(=O)[C@]23[C@H]4[C@H]5[C@H]2[C@@H]2C[C@@H]3C(=O)[C@H]4C[C@H]5C2=O)cc1. The molecule has 5 fully saturated rings. The minimum Gasteiger partial charge on any atom is -0.299 e. The fourth-order valence-corrected chi connectivity index (χ4v) is 10.3. The Bertz CT molecular complexity index is 919. The third kappa shape index (κ3) is 1.07. The van der Waals surface area contributed by atoms with Crippen molar-refractivity contribution in [2.75, 3.05) is 0 Å². The molecule has 6 rings (SSSR count). The highest BCUT2D eigenvalue weighted by Gasteiger charge is 2.90. The number of aryl methyl sites for hydroxylation is 1. The largest absolute Gasteiger partial charge is 0.299 e. The van der Waals surface area contributed by atoms with Gasteiger partial charge in [0, 0.05) is 23.7 Å². The van der Waals surface area contributed by atoms with Crippen molar-refractivity contribution in [2.24, 2.45) is 41.4 Å². The highest BCUT2D eigenvalue weighted by atomic mass is 32.2. The zero-order valence-electron chi connectivity index (χ0n) is 13.3. The van der Waals surface area contributed by atoms with Gasteiger partial charge in [-0.05, 0) is 49.7 Å². The van der Waals surface area contributed by atoms with Crippen LogP contribution < -0.4 is 0 Å². The van der Waals surface area contributed by atoms with E-state index in [1.807, 2.05) is 19.1 Å². The van der Waals surface area contributed by atoms with Gasteiger partial charge >= 0.3 is 0 Å². The maximum Gasteiger partial charge on any atom is 0.185 e. The lowest BCUT2D eigenvalue weighted by Crippen LogP contribution is -2.63. The van der Waals surface area contributed by atoms with E-state index in [0.717, 1.165) is 5.56 Å². The summed E-state index contributed by atoms with van der Waals surface area (Å²) >= 11 is 0. The second-order valence-corrected chi connectivity index (χ2v) is 10.6. The molecule has 5 aliphatic carbocycles. The molecule has 5 aliphatic rings. The molecule has 0 heterocycles. The van der Waals surface area contributed by atoms with Crippen molar-refractivity contribution < 1.29 is 18.0 Å². The summed E-state index contributed by atoms with van der Waals surface area (Å²) in [7, 11) is -3.61. The van der Waals surface area contributed by atoms with Gasteiger partial charge < -0.3 is 0 Å². The Hall–Kier alpha value is -1.49. The Morgan fingerprint density at radius 1 is 0.917 bits per heavy atom. The van der Waals surface area contributed by atoms with Gasteiger partial charge in [-0.3, -0.25) is 9.59 Å². The van der Waals surface area contributed by atoms with E-state index < -0.39 is 20.5 Å². The van der Waals surface area contributed by atoms with Crippen LogP contribution in [-0.2, 0) is 19.4 Å². The summed E-state index contributed by atoms with van der Waals surface area (Å²) in [6, 6.07) is 6.97. The van der Waals surface area contributed by atoms with Gasteiger partial charge in [-0.2, -0.15) is 0 Å². The molecule has 1 aromatic carbocycles. The van der Waals surface area contributed by atoms with Crippen molar-refractivity contribution in [3.8, 4) is 0 Å². The first kappa shape index (κ1) is 13.8. The van der Waals surface area contributed by atoms with Crippen LogP contribution in [0.15, 0.2) is 29.2 Å². The van der Waals surface area contributed by atoms with E-state index in [9.17, 15) is 18.0 Å². The number of rotatable bonds is 2. The van der Waals surface area contributed by atoms with E-state index in [-0.39, 0.29) is 47.1 Å². The number of sulfone groups is 1. The topological polar surface area (TPSA) is 68.3 Å². The number of hydrogen-bond donors (Lipinski definition) is 0. The van der Waals surface area contributed by atoms with Gasteiger partial charge in [0.05, 0.1) is 9.64 Å².